The Bertz CT molecular complexity index is 752. The molecular weight excluding hydrogens is 345 g/mol. The van der Waals surface area contributed by atoms with Gasteiger partial charge in [0, 0.05) is 57.6 Å². The van der Waals surface area contributed by atoms with Crippen molar-refractivity contribution in [3.63, 3.8) is 0 Å². The maximum atomic E-state index is 13.6. The first-order valence-corrected chi connectivity index (χ1v) is 9.53. The van der Waals surface area contributed by atoms with Crippen LogP contribution in [-0.4, -0.2) is 64.5 Å². The van der Waals surface area contributed by atoms with Crippen LogP contribution in [0.15, 0.2) is 36.7 Å². The van der Waals surface area contributed by atoms with Gasteiger partial charge in [0.2, 0.25) is 5.91 Å². The van der Waals surface area contributed by atoms with E-state index in [1.807, 2.05) is 12.4 Å². The lowest BCUT2D eigenvalue weighted by Gasteiger charge is -2.34. The number of benzene rings is 1. The summed E-state index contributed by atoms with van der Waals surface area (Å²) in [6.45, 7) is 10.1. The first-order valence-electron chi connectivity index (χ1n) is 9.53. The second-order valence-corrected chi connectivity index (χ2v) is 7.28. The quantitative estimate of drug-likeness (QED) is 0.810. The fourth-order valence-corrected chi connectivity index (χ4v) is 3.39. The number of nitrogens with zero attached hydrogens (tertiary/aromatic N) is 4. The summed E-state index contributed by atoms with van der Waals surface area (Å²) >= 11 is 0. The lowest BCUT2D eigenvalue weighted by Crippen LogP contribution is -2.49. The zero-order chi connectivity index (χ0) is 19.2. The van der Waals surface area contributed by atoms with Gasteiger partial charge in [-0.1, -0.05) is 26.0 Å². The summed E-state index contributed by atoms with van der Waals surface area (Å²) in [6, 6.07) is 6.24. The Morgan fingerprint density at radius 3 is 2.56 bits per heavy atom. The number of hydrogen-bond donors (Lipinski definition) is 1. The first kappa shape index (κ1) is 19.5. The molecule has 27 heavy (non-hydrogen) atoms. The average Bonchev–Trinajstić information content (AvgIpc) is 3.12. The van der Waals surface area contributed by atoms with Gasteiger partial charge >= 0.3 is 0 Å². The van der Waals surface area contributed by atoms with Gasteiger partial charge in [0.05, 0.1) is 12.2 Å². The van der Waals surface area contributed by atoms with Crippen molar-refractivity contribution in [3.8, 4) is 0 Å². The molecular formula is C20H28FN5O. The summed E-state index contributed by atoms with van der Waals surface area (Å²) in [6.07, 6.45) is 3.90. The molecule has 2 aromatic rings. The monoisotopic (exact) mass is 373 g/mol. The van der Waals surface area contributed by atoms with E-state index in [0.717, 1.165) is 45.1 Å². The van der Waals surface area contributed by atoms with E-state index in [9.17, 15) is 9.18 Å². The molecule has 6 nitrogen and oxygen atoms in total. The topological polar surface area (TPSA) is 53.4 Å². The molecule has 1 aliphatic heterocycles. The summed E-state index contributed by atoms with van der Waals surface area (Å²) in [5.41, 5.74) is 0.238. The molecule has 1 amide bonds. The maximum Gasteiger partial charge on any atom is 0.238 e. The van der Waals surface area contributed by atoms with Crippen LogP contribution in [0.25, 0.3) is 0 Å². The number of imidazole rings is 1. The molecule has 1 aromatic heterocycles. The zero-order valence-corrected chi connectivity index (χ0v) is 16.1. The van der Waals surface area contributed by atoms with E-state index < -0.39 is 5.82 Å². The molecule has 0 radical (unpaired) electrons. The molecule has 0 saturated carbocycles. The van der Waals surface area contributed by atoms with Crippen molar-refractivity contribution in [2.75, 3.05) is 44.6 Å². The molecule has 3 rings (SSSR count). The molecule has 146 valence electrons. The fraction of sp³-hybridized carbons (Fsp3) is 0.500. The second-order valence-electron chi connectivity index (χ2n) is 7.28. The average molecular weight is 373 g/mol. The third kappa shape index (κ3) is 5.37. The minimum Gasteiger partial charge on any atom is -0.333 e. The SMILES string of the molecule is CC(C)c1nccn1CCN1CCN(CC(=O)Nc2ccccc2F)CC1. The first-order chi connectivity index (χ1) is 13.0. The molecule has 7 heteroatoms. The zero-order valence-electron chi connectivity index (χ0n) is 16.1. The number of rotatable bonds is 7. The van der Waals surface area contributed by atoms with Gasteiger partial charge in [0.1, 0.15) is 11.6 Å². The summed E-state index contributed by atoms with van der Waals surface area (Å²) in [5, 5.41) is 2.65. The van der Waals surface area contributed by atoms with E-state index >= 15 is 0 Å². The number of carbonyl (C=O) groups excluding carboxylic acids is 1. The predicted molar refractivity (Wildman–Crippen MR) is 104 cm³/mol. The van der Waals surface area contributed by atoms with Crippen LogP contribution in [0.3, 0.4) is 0 Å². The molecule has 1 aromatic carbocycles. The number of hydrogen-bond acceptors (Lipinski definition) is 4. The van der Waals surface area contributed by atoms with E-state index in [2.05, 4.69) is 38.5 Å². The third-order valence-electron chi connectivity index (χ3n) is 4.90. The molecule has 1 N–H and O–H groups in total. The molecule has 0 aliphatic carbocycles. The standard InChI is InChI=1S/C20H28FN5O/c1-16(2)20-22-7-8-26(20)14-13-24-9-11-25(12-10-24)15-19(27)23-18-6-4-3-5-17(18)21/h3-8,16H,9-15H2,1-2H3,(H,23,27). The molecule has 1 fully saturated rings. The minimum absolute atomic E-state index is 0.173. The van der Waals surface area contributed by atoms with E-state index in [4.69, 9.17) is 0 Å². The highest BCUT2D eigenvalue weighted by molar-refractivity contribution is 5.92. The summed E-state index contributed by atoms with van der Waals surface area (Å²) in [7, 11) is 0. The number of para-hydroxylation sites is 1. The Morgan fingerprint density at radius 1 is 1.15 bits per heavy atom. The van der Waals surface area contributed by atoms with Crippen molar-refractivity contribution < 1.29 is 9.18 Å². The number of piperazine rings is 1. The van der Waals surface area contributed by atoms with Gasteiger partial charge in [0.25, 0.3) is 0 Å². The lowest BCUT2D eigenvalue weighted by atomic mass is 10.2. The molecule has 0 spiro atoms. The van der Waals surface area contributed by atoms with E-state index in [-0.39, 0.29) is 11.6 Å². The lowest BCUT2D eigenvalue weighted by molar-refractivity contribution is -0.117. The van der Waals surface area contributed by atoms with Crippen LogP contribution in [0.2, 0.25) is 0 Å². The van der Waals surface area contributed by atoms with E-state index in [1.165, 1.54) is 6.07 Å². The van der Waals surface area contributed by atoms with Gasteiger partial charge in [-0.15, -0.1) is 0 Å². The Balaban J connectivity index is 1.40. The maximum absolute atomic E-state index is 13.6. The van der Waals surface area contributed by atoms with Crippen LogP contribution in [0.5, 0.6) is 0 Å². The molecule has 2 heterocycles. The highest BCUT2D eigenvalue weighted by atomic mass is 19.1. The van der Waals surface area contributed by atoms with Crippen molar-refractivity contribution in [2.24, 2.45) is 0 Å². The van der Waals surface area contributed by atoms with Gasteiger partial charge in [0.15, 0.2) is 0 Å². The van der Waals surface area contributed by atoms with Crippen molar-refractivity contribution in [1.29, 1.82) is 0 Å². The molecule has 1 aliphatic rings. The summed E-state index contributed by atoms with van der Waals surface area (Å²) in [5.74, 6) is 0.966. The van der Waals surface area contributed by atoms with Crippen molar-refractivity contribution >= 4 is 11.6 Å². The number of amides is 1. The Labute approximate surface area is 160 Å². The molecule has 0 unspecified atom stereocenters. The van der Waals surface area contributed by atoms with Gasteiger partial charge in [-0.25, -0.2) is 9.37 Å². The highest BCUT2D eigenvalue weighted by Gasteiger charge is 2.19. The summed E-state index contributed by atoms with van der Waals surface area (Å²) < 4.78 is 15.8. The van der Waals surface area contributed by atoms with Crippen LogP contribution in [-0.2, 0) is 11.3 Å². The van der Waals surface area contributed by atoms with Gasteiger partial charge in [-0.05, 0) is 12.1 Å². The Kier molecular flexibility index (Phi) is 6.58. The Morgan fingerprint density at radius 2 is 1.85 bits per heavy atom. The van der Waals surface area contributed by atoms with Crippen LogP contribution in [0.1, 0.15) is 25.6 Å². The van der Waals surface area contributed by atoms with Crippen molar-refractivity contribution in [1.82, 2.24) is 19.4 Å². The number of nitrogens with one attached hydrogen (secondary N) is 1. The molecule has 1 saturated heterocycles. The van der Waals surface area contributed by atoms with Crippen LogP contribution >= 0.6 is 0 Å². The van der Waals surface area contributed by atoms with Crippen LogP contribution in [0.4, 0.5) is 10.1 Å². The summed E-state index contributed by atoms with van der Waals surface area (Å²) in [4.78, 5) is 21.1. The van der Waals surface area contributed by atoms with Gasteiger partial charge in [-0.3, -0.25) is 14.6 Å². The van der Waals surface area contributed by atoms with E-state index in [0.29, 0.717) is 12.5 Å². The fourth-order valence-electron chi connectivity index (χ4n) is 3.39. The molecule has 0 atom stereocenters. The normalized spacial score (nSPS) is 16.0. The highest BCUT2D eigenvalue weighted by Crippen LogP contribution is 2.13. The van der Waals surface area contributed by atoms with Crippen LogP contribution < -0.4 is 5.32 Å². The number of aromatic nitrogens is 2. The minimum atomic E-state index is -0.407. The largest absolute Gasteiger partial charge is 0.333 e. The number of carbonyl (C=O) groups is 1. The van der Waals surface area contributed by atoms with Crippen LogP contribution in [0, 0.1) is 5.82 Å². The number of anilines is 1. The van der Waals surface area contributed by atoms with Crippen molar-refractivity contribution in [2.45, 2.75) is 26.3 Å². The van der Waals surface area contributed by atoms with Crippen molar-refractivity contribution in [3.05, 3.63) is 48.3 Å². The Hall–Kier alpha value is -2.25. The number of halogens is 1. The predicted octanol–water partition coefficient (Wildman–Crippen LogP) is 2.40. The van der Waals surface area contributed by atoms with Gasteiger partial charge < -0.3 is 9.88 Å². The smallest absolute Gasteiger partial charge is 0.238 e. The second kappa shape index (κ2) is 9.10. The molecule has 0 bridgehead atoms. The van der Waals surface area contributed by atoms with E-state index in [1.54, 1.807) is 18.2 Å². The third-order valence-corrected chi connectivity index (χ3v) is 4.90. The van der Waals surface area contributed by atoms with Gasteiger partial charge in [-0.2, -0.15) is 0 Å².